The summed E-state index contributed by atoms with van der Waals surface area (Å²) >= 11 is 0. The van der Waals surface area contributed by atoms with Crippen LogP contribution >= 0.6 is 15.6 Å². The number of hydrogen-bond donors (Lipinski definition) is 3. The van der Waals surface area contributed by atoms with Crippen LogP contribution in [0.1, 0.15) is 460 Å². The van der Waals surface area contributed by atoms with Gasteiger partial charge in [0, 0.05) is 25.7 Å². The summed E-state index contributed by atoms with van der Waals surface area (Å²) in [7, 11) is -9.93. The average Bonchev–Trinajstić information content (AvgIpc) is 0.901. The van der Waals surface area contributed by atoms with E-state index in [1.54, 1.807) is 0 Å². The first-order chi connectivity index (χ1) is 51.7. The average molecular weight is 1560 g/mol. The molecule has 0 aromatic carbocycles. The van der Waals surface area contributed by atoms with Crippen LogP contribution in [0.25, 0.3) is 0 Å². The number of aliphatic hydroxyl groups excluding tert-OH is 1. The van der Waals surface area contributed by atoms with E-state index in [1.807, 2.05) is 0 Å². The smallest absolute Gasteiger partial charge is 0.462 e. The van der Waals surface area contributed by atoms with Crippen molar-refractivity contribution in [2.75, 3.05) is 39.6 Å². The lowest BCUT2D eigenvalue weighted by atomic mass is 9.99. The number of ether oxygens (including phenoxy) is 4. The van der Waals surface area contributed by atoms with E-state index in [0.29, 0.717) is 25.7 Å². The Hall–Kier alpha value is -1.94. The Morgan fingerprint density at radius 3 is 0.664 bits per heavy atom. The molecule has 0 radical (unpaired) electrons. The largest absolute Gasteiger partial charge is 0.472 e. The summed E-state index contributed by atoms with van der Waals surface area (Å²) in [4.78, 5) is 73.3. The van der Waals surface area contributed by atoms with Gasteiger partial charge in [-0.15, -0.1) is 0 Å². The maximum atomic E-state index is 13.2. The van der Waals surface area contributed by atoms with Crippen molar-refractivity contribution in [1.29, 1.82) is 0 Å². The van der Waals surface area contributed by atoms with Crippen molar-refractivity contribution in [3.05, 3.63) is 0 Å². The fraction of sp³-hybridized carbons (Fsp3) is 0.955. The van der Waals surface area contributed by atoms with E-state index in [4.69, 9.17) is 37.0 Å². The molecular formula is C88H172O17P2. The maximum absolute atomic E-state index is 13.2. The summed E-state index contributed by atoms with van der Waals surface area (Å²) in [6.45, 7) is 14.4. The molecule has 7 atom stereocenters. The monoisotopic (exact) mass is 1560 g/mol. The SMILES string of the molecule is CCC(C)CCCCCCCCCCCCCCCCC(=O)OC[C@H](COP(=O)(O)OC[C@@H](O)COP(=O)(O)OC[C@@H](COC(=O)CCCCCCCCC(C)CC)OC(=O)CCCCCCCCCCCCCCCCCCCCC(C)C)OC(=O)CCCCCCCCCCCCCCCCCC(C)C. The minimum Gasteiger partial charge on any atom is -0.462 e. The van der Waals surface area contributed by atoms with Gasteiger partial charge in [0.1, 0.15) is 19.3 Å². The molecule has 4 unspecified atom stereocenters. The summed E-state index contributed by atoms with van der Waals surface area (Å²) in [5.74, 6) is 1.10. The van der Waals surface area contributed by atoms with E-state index >= 15 is 0 Å². The van der Waals surface area contributed by atoms with Crippen LogP contribution in [0.2, 0.25) is 0 Å². The standard InChI is InChI=1S/C88H172O17P2/c1-9-80(7)66-58-50-42-36-30-24-20-21-25-31-37-43-52-60-68-85(90)98-74-83(104-87(92)70-63-55-45-39-33-27-19-15-17-23-29-35-41-49-57-65-79(5)6)76-102-106(94,95)100-72-82(89)73-101-107(96,97)103-77-84(75-99-86(91)69-61-53-47-46-51-59-67-81(8)10-2)105-88(93)71-62-54-44-38-32-26-18-14-12-11-13-16-22-28-34-40-48-56-64-78(3)4/h78-84,89H,9-77H2,1-8H3,(H,94,95)(H,96,97)/t80?,81?,82-,83-,84-/m1/s1. The van der Waals surface area contributed by atoms with E-state index in [1.165, 1.54) is 257 Å². The second kappa shape index (κ2) is 76.7. The fourth-order valence-electron chi connectivity index (χ4n) is 13.6. The lowest BCUT2D eigenvalue weighted by Gasteiger charge is -2.21. The van der Waals surface area contributed by atoms with Crippen molar-refractivity contribution < 1.29 is 80.2 Å². The van der Waals surface area contributed by atoms with Crippen molar-refractivity contribution in [3.8, 4) is 0 Å². The van der Waals surface area contributed by atoms with Crippen molar-refractivity contribution in [2.24, 2.45) is 23.7 Å². The Balaban J connectivity index is 5.22. The van der Waals surface area contributed by atoms with Crippen LogP contribution in [0.3, 0.4) is 0 Å². The Morgan fingerprint density at radius 2 is 0.449 bits per heavy atom. The van der Waals surface area contributed by atoms with Crippen molar-refractivity contribution in [2.45, 2.75) is 478 Å². The zero-order valence-corrected chi connectivity index (χ0v) is 72.6. The number of unbranched alkanes of at least 4 members (excludes halogenated alkanes) is 49. The summed E-state index contributed by atoms with van der Waals surface area (Å²) in [5.41, 5.74) is 0. The molecule has 0 spiro atoms. The second-order valence-electron chi connectivity index (χ2n) is 33.1. The minimum atomic E-state index is -4.97. The van der Waals surface area contributed by atoms with Gasteiger partial charge >= 0.3 is 39.5 Å². The maximum Gasteiger partial charge on any atom is 0.472 e. The molecule has 0 fully saturated rings. The third-order valence-electron chi connectivity index (χ3n) is 21.3. The first-order valence-electron chi connectivity index (χ1n) is 45.3. The van der Waals surface area contributed by atoms with E-state index in [0.717, 1.165) is 120 Å². The zero-order chi connectivity index (χ0) is 78.8. The number of carbonyl (C=O) groups excluding carboxylic acids is 4. The zero-order valence-electron chi connectivity index (χ0n) is 70.8. The highest BCUT2D eigenvalue weighted by Crippen LogP contribution is 2.45. The summed E-state index contributed by atoms with van der Waals surface area (Å²) < 4.78 is 69.0. The summed E-state index contributed by atoms with van der Waals surface area (Å²) in [6, 6.07) is 0. The molecule has 0 aliphatic rings. The lowest BCUT2D eigenvalue weighted by molar-refractivity contribution is -0.161. The van der Waals surface area contributed by atoms with Gasteiger partial charge in [0.15, 0.2) is 12.2 Å². The number of phosphoric acid groups is 2. The van der Waals surface area contributed by atoms with Gasteiger partial charge in [0.05, 0.1) is 26.4 Å². The van der Waals surface area contributed by atoms with Gasteiger partial charge in [0.25, 0.3) is 0 Å². The van der Waals surface area contributed by atoms with Gasteiger partial charge in [0.2, 0.25) is 0 Å². The molecule has 0 rings (SSSR count). The molecule has 17 nitrogen and oxygen atoms in total. The van der Waals surface area contributed by atoms with Crippen LogP contribution in [0.4, 0.5) is 0 Å². The van der Waals surface area contributed by atoms with Crippen LogP contribution in [-0.4, -0.2) is 96.7 Å². The Labute approximate surface area is 658 Å². The van der Waals surface area contributed by atoms with Gasteiger partial charge in [-0.25, -0.2) is 9.13 Å². The molecule has 0 aliphatic carbocycles. The molecule has 0 amide bonds. The van der Waals surface area contributed by atoms with Gasteiger partial charge in [-0.3, -0.25) is 37.3 Å². The van der Waals surface area contributed by atoms with Crippen molar-refractivity contribution >= 4 is 39.5 Å². The summed E-state index contributed by atoms with van der Waals surface area (Å²) in [5, 5.41) is 10.7. The predicted molar refractivity (Wildman–Crippen MR) is 441 cm³/mol. The Bertz CT molecular complexity index is 2080. The summed E-state index contributed by atoms with van der Waals surface area (Å²) in [6.07, 6.45) is 66.6. The van der Waals surface area contributed by atoms with Crippen molar-refractivity contribution in [1.82, 2.24) is 0 Å². The lowest BCUT2D eigenvalue weighted by Crippen LogP contribution is -2.30. The van der Waals surface area contributed by atoms with E-state index in [9.17, 15) is 43.2 Å². The number of aliphatic hydroxyl groups is 1. The molecule has 636 valence electrons. The van der Waals surface area contributed by atoms with Crippen LogP contribution < -0.4 is 0 Å². The van der Waals surface area contributed by atoms with Gasteiger partial charge in [-0.1, -0.05) is 409 Å². The van der Waals surface area contributed by atoms with Gasteiger partial charge in [-0.2, -0.15) is 0 Å². The highest BCUT2D eigenvalue weighted by atomic mass is 31.2. The van der Waals surface area contributed by atoms with E-state index < -0.39 is 97.5 Å². The number of carbonyl (C=O) groups is 4. The number of phosphoric ester groups is 2. The molecule has 0 heterocycles. The molecule has 0 bridgehead atoms. The molecule has 107 heavy (non-hydrogen) atoms. The van der Waals surface area contributed by atoms with Gasteiger partial charge in [-0.05, 0) is 49.4 Å². The topological polar surface area (TPSA) is 237 Å². The second-order valence-corrected chi connectivity index (χ2v) is 36.0. The molecule has 0 saturated heterocycles. The molecule has 3 N–H and O–H groups in total. The number of esters is 4. The van der Waals surface area contributed by atoms with Crippen molar-refractivity contribution in [3.63, 3.8) is 0 Å². The van der Waals surface area contributed by atoms with Crippen LogP contribution in [0, 0.1) is 23.7 Å². The first kappa shape index (κ1) is 105. The quantitative estimate of drug-likeness (QED) is 0.0222. The van der Waals surface area contributed by atoms with Crippen LogP contribution in [0.15, 0.2) is 0 Å². The first-order valence-corrected chi connectivity index (χ1v) is 48.3. The third kappa shape index (κ3) is 79.1. The normalized spacial score (nSPS) is 14.4. The minimum absolute atomic E-state index is 0.107. The van der Waals surface area contributed by atoms with E-state index in [-0.39, 0.29) is 25.7 Å². The van der Waals surface area contributed by atoms with E-state index in [2.05, 4.69) is 55.4 Å². The molecule has 0 aromatic rings. The Morgan fingerprint density at radius 1 is 0.262 bits per heavy atom. The molecule has 19 heteroatoms. The van der Waals surface area contributed by atoms with Gasteiger partial charge < -0.3 is 33.8 Å². The number of rotatable bonds is 85. The molecule has 0 aromatic heterocycles. The van der Waals surface area contributed by atoms with Crippen LogP contribution in [0.5, 0.6) is 0 Å². The Kier molecular flexibility index (Phi) is 75.3. The highest BCUT2D eigenvalue weighted by Gasteiger charge is 2.31. The highest BCUT2D eigenvalue weighted by molar-refractivity contribution is 7.47. The molecular weight excluding hydrogens is 1390 g/mol. The number of hydrogen-bond acceptors (Lipinski definition) is 15. The molecule has 0 aliphatic heterocycles. The fourth-order valence-corrected chi connectivity index (χ4v) is 15.2. The van der Waals surface area contributed by atoms with Crippen LogP contribution in [-0.2, 0) is 65.4 Å². The predicted octanol–water partition coefficient (Wildman–Crippen LogP) is 26.7. The molecule has 0 saturated carbocycles. The third-order valence-corrected chi connectivity index (χ3v) is 23.2.